The van der Waals surface area contributed by atoms with E-state index >= 15 is 0 Å². The van der Waals surface area contributed by atoms with Crippen molar-refractivity contribution in [2.45, 2.75) is 33.2 Å². The van der Waals surface area contributed by atoms with Gasteiger partial charge in [0.15, 0.2) is 0 Å². The van der Waals surface area contributed by atoms with Gasteiger partial charge in [0.1, 0.15) is 11.7 Å². The zero-order valence-corrected chi connectivity index (χ0v) is 13.3. The van der Waals surface area contributed by atoms with Crippen LogP contribution in [0.3, 0.4) is 0 Å². The summed E-state index contributed by atoms with van der Waals surface area (Å²) in [5, 5.41) is 25.3. The van der Waals surface area contributed by atoms with E-state index in [4.69, 9.17) is 5.11 Å². The highest BCUT2D eigenvalue weighted by Crippen LogP contribution is 2.25. The Bertz CT molecular complexity index is 601. The second-order valence-corrected chi connectivity index (χ2v) is 5.72. The van der Waals surface area contributed by atoms with Crippen LogP contribution in [0.1, 0.15) is 25.8 Å². The van der Waals surface area contributed by atoms with Crippen molar-refractivity contribution in [3.63, 3.8) is 0 Å². The number of carbonyl (C=O) groups excluding carboxylic acids is 1. The van der Waals surface area contributed by atoms with E-state index in [2.05, 4.69) is 10.6 Å². The SMILES string of the molecule is Cc1ccc(NC(=O)CC(NCC(C)C)C(=O)O)c([N+](=O)[O-])c1. The lowest BCUT2D eigenvalue weighted by molar-refractivity contribution is -0.384. The third-order valence-corrected chi connectivity index (χ3v) is 3.08. The van der Waals surface area contributed by atoms with Crippen molar-refractivity contribution in [3.05, 3.63) is 33.9 Å². The molecule has 0 heterocycles. The Morgan fingerprint density at radius 3 is 2.52 bits per heavy atom. The molecule has 0 saturated heterocycles. The van der Waals surface area contributed by atoms with Crippen molar-refractivity contribution in [2.75, 3.05) is 11.9 Å². The van der Waals surface area contributed by atoms with Gasteiger partial charge in [-0.2, -0.15) is 0 Å². The van der Waals surface area contributed by atoms with E-state index in [1.807, 2.05) is 13.8 Å². The minimum absolute atomic E-state index is 0.0543. The van der Waals surface area contributed by atoms with E-state index in [1.54, 1.807) is 13.0 Å². The fourth-order valence-electron chi connectivity index (χ4n) is 1.91. The molecule has 1 atom stereocenters. The molecule has 1 unspecified atom stereocenters. The fraction of sp³-hybridized carbons (Fsp3) is 0.467. The fourth-order valence-corrected chi connectivity index (χ4v) is 1.91. The Labute approximate surface area is 134 Å². The van der Waals surface area contributed by atoms with E-state index in [-0.39, 0.29) is 23.7 Å². The molecule has 0 spiro atoms. The third kappa shape index (κ3) is 6.03. The Morgan fingerprint density at radius 1 is 1.35 bits per heavy atom. The number of aliphatic carboxylic acids is 1. The highest BCUT2D eigenvalue weighted by molar-refractivity contribution is 5.95. The number of aryl methyl sites for hydroxylation is 1. The summed E-state index contributed by atoms with van der Waals surface area (Å²) in [4.78, 5) is 33.6. The minimum atomic E-state index is -1.14. The number of nitrogens with one attached hydrogen (secondary N) is 2. The molecule has 0 aliphatic heterocycles. The molecular formula is C15H21N3O5. The molecule has 0 aromatic heterocycles. The molecule has 1 aromatic carbocycles. The van der Waals surface area contributed by atoms with E-state index in [9.17, 15) is 19.7 Å². The predicted molar refractivity (Wildman–Crippen MR) is 85.3 cm³/mol. The molecular weight excluding hydrogens is 302 g/mol. The highest BCUT2D eigenvalue weighted by Gasteiger charge is 2.23. The van der Waals surface area contributed by atoms with Crippen molar-refractivity contribution in [3.8, 4) is 0 Å². The summed E-state index contributed by atoms with van der Waals surface area (Å²) >= 11 is 0. The number of amides is 1. The van der Waals surface area contributed by atoms with Gasteiger partial charge in [-0.05, 0) is 31.0 Å². The standard InChI is InChI=1S/C15H21N3O5/c1-9(2)8-16-12(15(20)21)7-14(19)17-11-5-4-10(3)6-13(11)18(22)23/h4-6,9,12,16H,7-8H2,1-3H3,(H,17,19)(H,20,21). The number of carboxylic acid groups (broad SMARTS) is 1. The van der Waals surface area contributed by atoms with Crippen LogP contribution in [-0.2, 0) is 9.59 Å². The summed E-state index contributed by atoms with van der Waals surface area (Å²) in [5.74, 6) is -1.50. The van der Waals surface area contributed by atoms with Gasteiger partial charge in [-0.15, -0.1) is 0 Å². The Morgan fingerprint density at radius 2 is 2.00 bits per heavy atom. The maximum Gasteiger partial charge on any atom is 0.321 e. The average Bonchev–Trinajstić information content (AvgIpc) is 2.44. The minimum Gasteiger partial charge on any atom is -0.480 e. The second-order valence-electron chi connectivity index (χ2n) is 5.72. The molecule has 0 radical (unpaired) electrons. The smallest absolute Gasteiger partial charge is 0.321 e. The number of nitro benzene ring substituents is 1. The monoisotopic (exact) mass is 323 g/mol. The third-order valence-electron chi connectivity index (χ3n) is 3.08. The molecule has 0 aliphatic rings. The van der Waals surface area contributed by atoms with Crippen LogP contribution in [-0.4, -0.2) is 34.5 Å². The van der Waals surface area contributed by atoms with Crippen LogP contribution in [0.2, 0.25) is 0 Å². The average molecular weight is 323 g/mol. The lowest BCUT2D eigenvalue weighted by Crippen LogP contribution is -2.41. The maximum absolute atomic E-state index is 12.0. The summed E-state index contributed by atoms with van der Waals surface area (Å²) < 4.78 is 0. The number of nitro groups is 1. The number of benzene rings is 1. The molecule has 126 valence electrons. The molecule has 1 amide bonds. The summed E-state index contributed by atoms with van der Waals surface area (Å²) in [5.41, 5.74) is 0.524. The van der Waals surface area contributed by atoms with Gasteiger partial charge in [-0.3, -0.25) is 19.7 Å². The van der Waals surface area contributed by atoms with Crippen molar-refractivity contribution in [2.24, 2.45) is 5.92 Å². The van der Waals surface area contributed by atoms with Crippen LogP contribution in [0, 0.1) is 23.0 Å². The zero-order chi connectivity index (χ0) is 17.6. The molecule has 0 fully saturated rings. The Hall–Kier alpha value is -2.48. The van der Waals surface area contributed by atoms with Crippen LogP contribution < -0.4 is 10.6 Å². The summed E-state index contributed by atoms with van der Waals surface area (Å²) in [6.45, 7) is 5.99. The molecule has 0 bridgehead atoms. The zero-order valence-electron chi connectivity index (χ0n) is 13.3. The van der Waals surface area contributed by atoms with Crippen molar-refractivity contribution in [1.82, 2.24) is 5.32 Å². The maximum atomic E-state index is 12.0. The van der Waals surface area contributed by atoms with Gasteiger partial charge in [-0.25, -0.2) is 0 Å². The first kappa shape index (κ1) is 18.6. The van der Waals surface area contributed by atoms with Gasteiger partial charge in [-0.1, -0.05) is 19.9 Å². The number of anilines is 1. The Kier molecular flexibility index (Phi) is 6.65. The van der Waals surface area contributed by atoms with Gasteiger partial charge in [0.2, 0.25) is 5.91 Å². The first-order valence-corrected chi connectivity index (χ1v) is 7.21. The molecule has 8 nitrogen and oxygen atoms in total. The summed E-state index contributed by atoms with van der Waals surface area (Å²) in [6.07, 6.45) is -0.312. The number of rotatable bonds is 8. The molecule has 0 saturated carbocycles. The van der Waals surface area contributed by atoms with Gasteiger partial charge < -0.3 is 15.7 Å². The Balaban J connectivity index is 2.79. The van der Waals surface area contributed by atoms with Crippen LogP contribution in [0.25, 0.3) is 0 Å². The molecule has 23 heavy (non-hydrogen) atoms. The predicted octanol–water partition coefficient (Wildman–Crippen LogP) is 1.93. The largest absolute Gasteiger partial charge is 0.480 e. The topological polar surface area (TPSA) is 122 Å². The number of hydrogen-bond acceptors (Lipinski definition) is 5. The molecule has 3 N–H and O–H groups in total. The van der Waals surface area contributed by atoms with Crippen molar-refractivity contribution in [1.29, 1.82) is 0 Å². The molecule has 1 aromatic rings. The van der Waals surface area contributed by atoms with Gasteiger partial charge in [0.05, 0.1) is 11.3 Å². The quantitative estimate of drug-likeness (QED) is 0.496. The molecule has 1 rings (SSSR count). The van der Waals surface area contributed by atoms with Crippen molar-refractivity contribution < 1.29 is 19.6 Å². The van der Waals surface area contributed by atoms with Crippen LogP contribution in [0.4, 0.5) is 11.4 Å². The number of carboxylic acids is 1. The lowest BCUT2D eigenvalue weighted by atomic mass is 10.1. The normalized spacial score (nSPS) is 12.0. The summed E-state index contributed by atoms with van der Waals surface area (Å²) in [6, 6.07) is 3.38. The summed E-state index contributed by atoms with van der Waals surface area (Å²) in [7, 11) is 0. The number of nitrogens with zero attached hydrogens (tertiary/aromatic N) is 1. The van der Waals surface area contributed by atoms with E-state index < -0.39 is 22.8 Å². The van der Waals surface area contributed by atoms with Gasteiger partial charge >= 0.3 is 5.97 Å². The lowest BCUT2D eigenvalue weighted by Gasteiger charge is -2.16. The van der Waals surface area contributed by atoms with Crippen LogP contribution >= 0.6 is 0 Å². The van der Waals surface area contributed by atoms with Crippen LogP contribution in [0.15, 0.2) is 18.2 Å². The van der Waals surface area contributed by atoms with E-state index in [0.717, 1.165) is 0 Å². The highest BCUT2D eigenvalue weighted by atomic mass is 16.6. The van der Waals surface area contributed by atoms with E-state index in [1.165, 1.54) is 12.1 Å². The van der Waals surface area contributed by atoms with Gasteiger partial charge in [0.25, 0.3) is 5.69 Å². The first-order chi connectivity index (χ1) is 10.7. The van der Waals surface area contributed by atoms with E-state index in [0.29, 0.717) is 12.1 Å². The van der Waals surface area contributed by atoms with Gasteiger partial charge in [0, 0.05) is 6.07 Å². The molecule has 0 aliphatic carbocycles. The number of carbonyl (C=O) groups is 2. The van der Waals surface area contributed by atoms with Crippen molar-refractivity contribution >= 4 is 23.3 Å². The van der Waals surface area contributed by atoms with Crippen LogP contribution in [0.5, 0.6) is 0 Å². The first-order valence-electron chi connectivity index (χ1n) is 7.21. The second kappa shape index (κ2) is 8.23. The molecule has 8 heteroatoms. The number of hydrogen-bond donors (Lipinski definition) is 3.